The molecule has 1 aromatic heterocycles. The molecular weight excluding hydrogens is 328 g/mol. The van der Waals surface area contributed by atoms with Crippen molar-refractivity contribution in [3.8, 4) is 11.9 Å². The van der Waals surface area contributed by atoms with Crippen LogP contribution in [0.2, 0.25) is 0 Å². The zero-order valence-corrected chi connectivity index (χ0v) is 14.6. The van der Waals surface area contributed by atoms with E-state index in [1.165, 1.54) is 20.3 Å². The number of morpholine rings is 1. The molecule has 0 spiro atoms. The number of aliphatic hydroxyl groups is 1. The lowest BCUT2D eigenvalue weighted by molar-refractivity contribution is -0.0257. The minimum atomic E-state index is -0.909. The number of amides is 1. The largest absolute Gasteiger partial charge is 0.481 e. The van der Waals surface area contributed by atoms with Crippen molar-refractivity contribution in [1.82, 2.24) is 19.8 Å². The fourth-order valence-electron chi connectivity index (χ4n) is 3.21. The Morgan fingerprint density at radius 2 is 2.04 bits per heavy atom. The average Bonchev–Trinajstić information content (AvgIpc) is 3.03. The van der Waals surface area contributed by atoms with Crippen molar-refractivity contribution in [1.29, 1.82) is 0 Å². The van der Waals surface area contributed by atoms with Crippen LogP contribution in [0.4, 0.5) is 0 Å². The number of carbonyl (C=O) groups is 1. The van der Waals surface area contributed by atoms with Gasteiger partial charge in [-0.05, 0) is 6.42 Å². The molecule has 2 aliphatic rings. The van der Waals surface area contributed by atoms with Crippen molar-refractivity contribution in [2.24, 2.45) is 0 Å². The SMILES string of the molecule is COc1cc(C(=O)N2CC[C@@](O)(CN3CCOCC3)C2)nc(OC)n1. The van der Waals surface area contributed by atoms with Gasteiger partial charge in [0.1, 0.15) is 5.69 Å². The van der Waals surface area contributed by atoms with Crippen molar-refractivity contribution < 1.29 is 24.1 Å². The lowest BCUT2D eigenvalue weighted by Gasteiger charge is -2.33. The summed E-state index contributed by atoms with van der Waals surface area (Å²) in [6.45, 7) is 4.26. The number of hydrogen-bond acceptors (Lipinski definition) is 8. The van der Waals surface area contributed by atoms with Gasteiger partial charge in [-0.15, -0.1) is 0 Å². The molecule has 2 aliphatic heterocycles. The minimum Gasteiger partial charge on any atom is -0.481 e. The van der Waals surface area contributed by atoms with Crippen LogP contribution in [0.3, 0.4) is 0 Å². The molecule has 1 aromatic rings. The van der Waals surface area contributed by atoms with Gasteiger partial charge in [-0.1, -0.05) is 0 Å². The number of likely N-dealkylation sites (tertiary alicyclic amines) is 1. The second kappa shape index (κ2) is 7.51. The van der Waals surface area contributed by atoms with Crippen LogP contribution >= 0.6 is 0 Å². The van der Waals surface area contributed by atoms with Crippen LogP contribution in [-0.4, -0.2) is 96.5 Å². The van der Waals surface area contributed by atoms with E-state index in [0.29, 0.717) is 32.7 Å². The lowest BCUT2D eigenvalue weighted by atomic mass is 10.0. The van der Waals surface area contributed by atoms with E-state index < -0.39 is 5.60 Å². The Morgan fingerprint density at radius 1 is 1.28 bits per heavy atom. The molecule has 25 heavy (non-hydrogen) atoms. The molecule has 9 nitrogen and oxygen atoms in total. The van der Waals surface area contributed by atoms with E-state index in [1.807, 2.05) is 0 Å². The summed E-state index contributed by atoms with van der Waals surface area (Å²) in [7, 11) is 2.90. The topological polar surface area (TPSA) is 97.2 Å². The molecular formula is C16H24N4O5. The van der Waals surface area contributed by atoms with Crippen LogP contribution in [0, 0.1) is 0 Å². The summed E-state index contributed by atoms with van der Waals surface area (Å²) >= 11 is 0. The first kappa shape index (κ1) is 17.8. The minimum absolute atomic E-state index is 0.0745. The maximum Gasteiger partial charge on any atom is 0.320 e. The Balaban J connectivity index is 1.67. The van der Waals surface area contributed by atoms with E-state index >= 15 is 0 Å². The highest BCUT2D eigenvalue weighted by molar-refractivity contribution is 5.93. The molecule has 9 heteroatoms. The van der Waals surface area contributed by atoms with E-state index in [-0.39, 0.29) is 30.0 Å². The van der Waals surface area contributed by atoms with Gasteiger partial charge in [0.25, 0.3) is 5.91 Å². The van der Waals surface area contributed by atoms with Gasteiger partial charge in [-0.3, -0.25) is 9.69 Å². The van der Waals surface area contributed by atoms with Crippen molar-refractivity contribution >= 4 is 5.91 Å². The number of ether oxygens (including phenoxy) is 3. The highest BCUT2D eigenvalue weighted by Crippen LogP contribution is 2.25. The maximum atomic E-state index is 12.7. The molecule has 0 unspecified atom stereocenters. The molecule has 0 aliphatic carbocycles. The van der Waals surface area contributed by atoms with Crippen LogP contribution in [0.25, 0.3) is 0 Å². The highest BCUT2D eigenvalue weighted by Gasteiger charge is 2.40. The summed E-state index contributed by atoms with van der Waals surface area (Å²) in [5.41, 5.74) is -0.715. The fourth-order valence-corrected chi connectivity index (χ4v) is 3.21. The zero-order valence-electron chi connectivity index (χ0n) is 14.6. The predicted octanol–water partition coefficient (Wildman–Crippen LogP) is -0.597. The number of nitrogens with zero attached hydrogens (tertiary/aromatic N) is 4. The van der Waals surface area contributed by atoms with Crippen LogP contribution in [0.15, 0.2) is 6.07 Å². The van der Waals surface area contributed by atoms with Crippen molar-refractivity contribution in [2.45, 2.75) is 12.0 Å². The van der Waals surface area contributed by atoms with Crippen molar-refractivity contribution in [3.63, 3.8) is 0 Å². The highest BCUT2D eigenvalue weighted by atomic mass is 16.5. The lowest BCUT2D eigenvalue weighted by Crippen LogP contribution is -2.49. The van der Waals surface area contributed by atoms with E-state index in [1.54, 1.807) is 4.90 Å². The number of hydrogen-bond donors (Lipinski definition) is 1. The van der Waals surface area contributed by atoms with Crippen LogP contribution in [0.5, 0.6) is 11.9 Å². The first-order valence-electron chi connectivity index (χ1n) is 8.32. The molecule has 3 heterocycles. The van der Waals surface area contributed by atoms with Gasteiger partial charge in [0, 0.05) is 32.2 Å². The molecule has 0 aromatic carbocycles. The van der Waals surface area contributed by atoms with Crippen molar-refractivity contribution in [2.75, 3.05) is 60.2 Å². The van der Waals surface area contributed by atoms with Crippen molar-refractivity contribution in [3.05, 3.63) is 11.8 Å². The smallest absolute Gasteiger partial charge is 0.320 e. The summed E-state index contributed by atoms with van der Waals surface area (Å²) in [4.78, 5) is 24.6. The Labute approximate surface area is 146 Å². The molecule has 3 rings (SSSR count). The summed E-state index contributed by atoms with van der Waals surface area (Å²) in [6.07, 6.45) is 0.537. The Bertz CT molecular complexity index is 600. The third-order valence-electron chi connectivity index (χ3n) is 4.53. The van der Waals surface area contributed by atoms with Gasteiger partial charge in [0.15, 0.2) is 0 Å². The van der Waals surface area contributed by atoms with Gasteiger partial charge < -0.3 is 24.2 Å². The van der Waals surface area contributed by atoms with Gasteiger partial charge in [0.2, 0.25) is 5.88 Å². The first-order chi connectivity index (χ1) is 12.0. The van der Waals surface area contributed by atoms with E-state index in [0.717, 1.165) is 13.1 Å². The van der Waals surface area contributed by atoms with E-state index in [9.17, 15) is 9.90 Å². The van der Waals surface area contributed by atoms with Gasteiger partial charge in [-0.2, -0.15) is 9.97 Å². The molecule has 0 saturated carbocycles. The van der Waals surface area contributed by atoms with Crippen LogP contribution < -0.4 is 9.47 Å². The number of aromatic nitrogens is 2. The maximum absolute atomic E-state index is 12.7. The zero-order chi connectivity index (χ0) is 17.9. The molecule has 1 N–H and O–H groups in total. The number of β-amino-alcohol motifs (C(OH)–C–C–N with tert-alkyl or cyclic N) is 1. The third kappa shape index (κ3) is 4.17. The van der Waals surface area contributed by atoms with Gasteiger partial charge >= 0.3 is 6.01 Å². The average molecular weight is 352 g/mol. The normalized spacial score (nSPS) is 24.4. The summed E-state index contributed by atoms with van der Waals surface area (Å²) in [6, 6.07) is 1.55. The second-order valence-corrected chi connectivity index (χ2v) is 6.37. The Kier molecular flexibility index (Phi) is 5.36. The molecule has 1 amide bonds. The van der Waals surface area contributed by atoms with Crippen LogP contribution in [0.1, 0.15) is 16.9 Å². The first-order valence-corrected chi connectivity index (χ1v) is 8.32. The molecule has 0 radical (unpaired) electrons. The predicted molar refractivity (Wildman–Crippen MR) is 87.9 cm³/mol. The Morgan fingerprint density at radius 3 is 2.72 bits per heavy atom. The monoisotopic (exact) mass is 352 g/mol. The standard InChI is InChI=1S/C16H24N4O5/c1-23-13-9-12(17-15(18-13)24-2)14(21)20-4-3-16(22,11-20)10-19-5-7-25-8-6-19/h9,22H,3-8,10-11H2,1-2H3/t16-/m1/s1. The van der Waals surface area contributed by atoms with Gasteiger partial charge in [-0.25, -0.2) is 0 Å². The third-order valence-corrected chi connectivity index (χ3v) is 4.53. The fraction of sp³-hybridized carbons (Fsp3) is 0.688. The molecule has 1 atom stereocenters. The van der Waals surface area contributed by atoms with Gasteiger partial charge in [0.05, 0.1) is 39.6 Å². The molecule has 138 valence electrons. The molecule has 2 saturated heterocycles. The summed E-state index contributed by atoms with van der Waals surface area (Å²) < 4.78 is 15.4. The number of methoxy groups -OCH3 is 2. The van der Waals surface area contributed by atoms with E-state index in [2.05, 4.69) is 14.9 Å². The van der Waals surface area contributed by atoms with E-state index in [4.69, 9.17) is 14.2 Å². The molecule has 2 fully saturated rings. The van der Waals surface area contributed by atoms with Crippen LogP contribution in [-0.2, 0) is 4.74 Å². The number of rotatable bonds is 5. The molecule has 0 bridgehead atoms. The Hall–Kier alpha value is -1.97. The summed E-state index contributed by atoms with van der Waals surface area (Å²) in [5.74, 6) is -0.00474. The quantitative estimate of drug-likeness (QED) is 0.751. The summed E-state index contributed by atoms with van der Waals surface area (Å²) in [5, 5.41) is 10.9. The number of carbonyl (C=O) groups excluding carboxylic acids is 1. The second-order valence-electron chi connectivity index (χ2n) is 6.37.